The lowest BCUT2D eigenvalue weighted by atomic mass is 9.84. The van der Waals surface area contributed by atoms with Crippen LogP contribution in [0, 0.1) is 12.8 Å². The van der Waals surface area contributed by atoms with Crippen LogP contribution in [0.4, 0.5) is 0 Å². The van der Waals surface area contributed by atoms with Gasteiger partial charge in [-0.15, -0.1) is 0 Å². The summed E-state index contributed by atoms with van der Waals surface area (Å²) in [5, 5.41) is 1.12. The molecule has 2 N–H and O–H groups in total. The number of nitrogens with two attached hydrogens (primary N) is 1. The second-order valence-electron chi connectivity index (χ2n) is 6.15. The van der Waals surface area contributed by atoms with E-state index in [-0.39, 0.29) is 6.04 Å². The number of nitrogens with zero attached hydrogens (tertiary/aromatic N) is 1. The topological polar surface area (TPSA) is 48.1 Å². The van der Waals surface area contributed by atoms with Gasteiger partial charge < -0.3 is 10.5 Å². The van der Waals surface area contributed by atoms with Crippen molar-refractivity contribution in [1.29, 1.82) is 0 Å². The molecule has 112 valence electrons. The fourth-order valence-electron chi connectivity index (χ4n) is 3.22. The Morgan fingerprint density at radius 3 is 2.81 bits per heavy atom. The van der Waals surface area contributed by atoms with Gasteiger partial charge in [-0.05, 0) is 37.8 Å². The minimum absolute atomic E-state index is 0.130. The first-order valence-corrected chi connectivity index (χ1v) is 7.99. The number of hydrogen-bond acceptors (Lipinski definition) is 3. The van der Waals surface area contributed by atoms with E-state index in [9.17, 15) is 0 Å². The van der Waals surface area contributed by atoms with Gasteiger partial charge in [0.2, 0.25) is 0 Å². The molecule has 0 bridgehead atoms. The maximum absolute atomic E-state index is 6.32. The molecule has 3 nitrogen and oxygen atoms in total. The van der Waals surface area contributed by atoms with Crippen molar-refractivity contribution in [2.45, 2.75) is 45.1 Å². The zero-order valence-electron chi connectivity index (χ0n) is 12.7. The number of rotatable bonds is 4. The molecule has 3 heteroatoms. The Bertz CT molecular complexity index is 605. The third kappa shape index (κ3) is 3.35. The van der Waals surface area contributed by atoms with Crippen molar-refractivity contribution in [3.63, 3.8) is 0 Å². The zero-order valence-corrected chi connectivity index (χ0v) is 12.7. The SMILES string of the molecule is Cc1ccc2cccc(OCC(N)C3CCCCC3)c2n1. The van der Waals surface area contributed by atoms with Crippen molar-refractivity contribution in [3.8, 4) is 5.75 Å². The smallest absolute Gasteiger partial charge is 0.145 e. The third-order valence-electron chi connectivity index (χ3n) is 4.51. The van der Waals surface area contributed by atoms with Crippen LogP contribution in [-0.2, 0) is 0 Å². The molecule has 1 aromatic carbocycles. The van der Waals surface area contributed by atoms with Crippen LogP contribution in [0.5, 0.6) is 5.75 Å². The van der Waals surface area contributed by atoms with Gasteiger partial charge in [-0.1, -0.05) is 37.5 Å². The highest BCUT2D eigenvalue weighted by molar-refractivity contribution is 5.84. The van der Waals surface area contributed by atoms with E-state index in [0.717, 1.165) is 22.3 Å². The first-order chi connectivity index (χ1) is 10.2. The first kappa shape index (κ1) is 14.3. The van der Waals surface area contributed by atoms with E-state index in [1.807, 2.05) is 25.1 Å². The molecule has 1 saturated carbocycles. The molecule has 0 aliphatic heterocycles. The molecular weight excluding hydrogens is 260 g/mol. The van der Waals surface area contributed by atoms with Crippen LogP contribution in [0.25, 0.3) is 10.9 Å². The second kappa shape index (κ2) is 6.44. The molecule has 1 heterocycles. The maximum Gasteiger partial charge on any atom is 0.145 e. The van der Waals surface area contributed by atoms with Gasteiger partial charge in [-0.3, -0.25) is 0 Å². The highest BCUT2D eigenvalue weighted by atomic mass is 16.5. The first-order valence-electron chi connectivity index (χ1n) is 7.99. The van der Waals surface area contributed by atoms with E-state index in [4.69, 9.17) is 10.5 Å². The molecule has 0 amide bonds. The molecule has 1 aromatic heterocycles. The monoisotopic (exact) mass is 284 g/mol. The summed E-state index contributed by atoms with van der Waals surface area (Å²) in [7, 11) is 0. The molecular formula is C18H24N2O. The standard InChI is InChI=1S/C18H24N2O/c1-13-10-11-15-8-5-9-17(18(15)20-13)21-12-16(19)14-6-3-2-4-7-14/h5,8-11,14,16H,2-4,6-7,12,19H2,1H3. The van der Waals surface area contributed by atoms with Crippen molar-refractivity contribution in [1.82, 2.24) is 4.98 Å². The van der Waals surface area contributed by atoms with Gasteiger partial charge in [-0.25, -0.2) is 4.98 Å². The van der Waals surface area contributed by atoms with Crippen LogP contribution in [-0.4, -0.2) is 17.6 Å². The number of hydrogen-bond donors (Lipinski definition) is 1. The Hall–Kier alpha value is -1.61. The van der Waals surface area contributed by atoms with E-state index < -0.39 is 0 Å². The molecule has 0 radical (unpaired) electrons. The van der Waals surface area contributed by atoms with Crippen LogP contribution in [0.1, 0.15) is 37.8 Å². The van der Waals surface area contributed by atoms with E-state index in [0.29, 0.717) is 12.5 Å². The zero-order chi connectivity index (χ0) is 14.7. The lowest BCUT2D eigenvalue weighted by Crippen LogP contribution is -2.37. The van der Waals surface area contributed by atoms with Gasteiger partial charge in [0.05, 0.1) is 0 Å². The lowest BCUT2D eigenvalue weighted by molar-refractivity contribution is 0.215. The summed E-state index contributed by atoms with van der Waals surface area (Å²) >= 11 is 0. The molecule has 1 fully saturated rings. The molecule has 21 heavy (non-hydrogen) atoms. The van der Waals surface area contributed by atoms with E-state index in [1.54, 1.807) is 0 Å². The summed E-state index contributed by atoms with van der Waals surface area (Å²) in [6, 6.07) is 10.3. The van der Waals surface area contributed by atoms with Gasteiger partial charge in [0.1, 0.15) is 17.9 Å². The van der Waals surface area contributed by atoms with Gasteiger partial charge >= 0.3 is 0 Å². The number of pyridine rings is 1. The number of para-hydroxylation sites is 1. The normalized spacial score (nSPS) is 17.8. The highest BCUT2D eigenvalue weighted by Crippen LogP contribution is 2.27. The summed E-state index contributed by atoms with van der Waals surface area (Å²) in [6.07, 6.45) is 6.48. The van der Waals surface area contributed by atoms with Gasteiger partial charge in [0.25, 0.3) is 0 Å². The third-order valence-corrected chi connectivity index (χ3v) is 4.51. The van der Waals surface area contributed by atoms with Crippen molar-refractivity contribution < 1.29 is 4.74 Å². The van der Waals surface area contributed by atoms with Crippen LogP contribution in [0.2, 0.25) is 0 Å². The van der Waals surface area contributed by atoms with Crippen LogP contribution in [0.3, 0.4) is 0 Å². The molecule has 0 saturated heterocycles. The summed E-state index contributed by atoms with van der Waals surface area (Å²) in [4.78, 5) is 4.60. The quantitative estimate of drug-likeness (QED) is 0.928. The predicted molar refractivity (Wildman–Crippen MR) is 86.5 cm³/mol. The minimum Gasteiger partial charge on any atom is -0.490 e. The fourth-order valence-corrected chi connectivity index (χ4v) is 3.22. The molecule has 2 aromatic rings. The van der Waals surface area contributed by atoms with Gasteiger partial charge in [0, 0.05) is 17.1 Å². The number of ether oxygens (including phenoxy) is 1. The molecule has 0 spiro atoms. The van der Waals surface area contributed by atoms with Crippen LogP contribution in [0.15, 0.2) is 30.3 Å². The molecule has 1 aliphatic carbocycles. The van der Waals surface area contributed by atoms with Crippen LogP contribution < -0.4 is 10.5 Å². The lowest BCUT2D eigenvalue weighted by Gasteiger charge is -2.27. The average Bonchev–Trinajstić information content (AvgIpc) is 2.53. The van der Waals surface area contributed by atoms with E-state index in [1.165, 1.54) is 32.1 Å². The van der Waals surface area contributed by atoms with Gasteiger partial charge in [-0.2, -0.15) is 0 Å². The predicted octanol–water partition coefficient (Wildman–Crippen LogP) is 3.83. The van der Waals surface area contributed by atoms with Crippen molar-refractivity contribution in [3.05, 3.63) is 36.0 Å². The summed E-state index contributed by atoms with van der Waals surface area (Å²) < 4.78 is 6.00. The van der Waals surface area contributed by atoms with Crippen molar-refractivity contribution in [2.24, 2.45) is 11.7 Å². The number of fused-ring (bicyclic) bond motifs is 1. The number of aromatic nitrogens is 1. The maximum atomic E-state index is 6.32. The van der Waals surface area contributed by atoms with Crippen molar-refractivity contribution >= 4 is 10.9 Å². The molecule has 1 unspecified atom stereocenters. The van der Waals surface area contributed by atoms with Crippen LogP contribution >= 0.6 is 0 Å². The number of benzene rings is 1. The molecule has 1 atom stereocenters. The summed E-state index contributed by atoms with van der Waals surface area (Å²) in [6.45, 7) is 2.59. The number of aryl methyl sites for hydroxylation is 1. The minimum atomic E-state index is 0.130. The Kier molecular flexibility index (Phi) is 4.39. The average molecular weight is 284 g/mol. The van der Waals surface area contributed by atoms with E-state index in [2.05, 4.69) is 17.1 Å². The highest BCUT2D eigenvalue weighted by Gasteiger charge is 2.21. The van der Waals surface area contributed by atoms with Gasteiger partial charge in [0.15, 0.2) is 0 Å². The Morgan fingerprint density at radius 2 is 2.00 bits per heavy atom. The molecule has 3 rings (SSSR count). The van der Waals surface area contributed by atoms with E-state index >= 15 is 0 Å². The second-order valence-corrected chi connectivity index (χ2v) is 6.15. The summed E-state index contributed by atoms with van der Waals surface area (Å²) in [5.41, 5.74) is 8.27. The molecule has 1 aliphatic rings. The van der Waals surface area contributed by atoms with Crippen molar-refractivity contribution in [2.75, 3.05) is 6.61 Å². The Labute approximate surface area is 126 Å². The Balaban J connectivity index is 1.71. The fraction of sp³-hybridized carbons (Fsp3) is 0.500. The Morgan fingerprint density at radius 1 is 1.19 bits per heavy atom. The largest absolute Gasteiger partial charge is 0.490 e. The summed E-state index contributed by atoms with van der Waals surface area (Å²) in [5.74, 6) is 1.46.